The molecule has 7 nitrogen and oxygen atoms in total. The molecule has 0 bridgehead atoms. The van der Waals surface area contributed by atoms with Crippen LogP contribution in [-0.4, -0.2) is 66.9 Å². The predicted molar refractivity (Wildman–Crippen MR) is 141 cm³/mol. The van der Waals surface area contributed by atoms with Gasteiger partial charge in [-0.25, -0.2) is 0 Å². The topological polar surface area (TPSA) is 101 Å². The molecule has 1 aliphatic heterocycles. The Morgan fingerprint density at radius 1 is 0.757 bits per heavy atom. The van der Waals surface area contributed by atoms with E-state index in [1.165, 1.54) is 4.90 Å². The van der Waals surface area contributed by atoms with Gasteiger partial charge in [-0.15, -0.1) is 0 Å². The van der Waals surface area contributed by atoms with E-state index in [2.05, 4.69) is 0 Å². The molecule has 37 heavy (non-hydrogen) atoms. The van der Waals surface area contributed by atoms with Crippen molar-refractivity contribution in [2.45, 2.75) is 5.92 Å². The number of rotatable bonds is 8. The van der Waals surface area contributed by atoms with Gasteiger partial charge in [0, 0.05) is 61.6 Å². The summed E-state index contributed by atoms with van der Waals surface area (Å²) >= 11 is 0. The number of carbonyl (C=O) groups excluding carboxylic acids is 4. The Morgan fingerprint density at radius 2 is 1.24 bits per heavy atom. The molecule has 0 radical (unpaired) electrons. The number of piperidine rings is 1. The molecule has 0 aromatic heterocycles. The summed E-state index contributed by atoms with van der Waals surface area (Å²) in [7, 11) is 3.37. The third-order valence-electron chi connectivity index (χ3n) is 6.98. The number of primary amides is 1. The molecule has 2 N–H and O–H groups in total. The lowest BCUT2D eigenvalue weighted by atomic mass is 9.68. The third kappa shape index (κ3) is 5.84. The largest absolute Gasteiger partial charge is 0.366 e. The van der Waals surface area contributed by atoms with Gasteiger partial charge >= 0.3 is 0 Å². The number of ketones is 2. The molecule has 0 spiro atoms. The molecular formula is C30H31N3O4. The first kappa shape index (κ1) is 26.0. The molecule has 1 fully saturated rings. The van der Waals surface area contributed by atoms with Crippen LogP contribution in [0.3, 0.4) is 0 Å². The van der Waals surface area contributed by atoms with Crippen LogP contribution in [0.15, 0.2) is 84.9 Å². The molecule has 1 heterocycles. The summed E-state index contributed by atoms with van der Waals surface area (Å²) in [6.07, 6.45) is 0. The maximum Gasteiger partial charge on any atom is 0.248 e. The van der Waals surface area contributed by atoms with Crippen LogP contribution in [0.5, 0.6) is 0 Å². The molecular weight excluding hydrogens is 466 g/mol. The van der Waals surface area contributed by atoms with Gasteiger partial charge in [0.05, 0.1) is 6.54 Å². The standard InChI is InChI=1S/C30H31N3O4/c1-32(2)26(34)19-33-17-24(28(35)20-10-5-3-6-11-20)27(22-14-9-15-23(16-22)30(31)37)25(18-33)29(36)21-12-7-4-8-13-21/h3-16,24-25,27H,17-19H2,1-2H3,(H2,31,37). The minimum Gasteiger partial charge on any atom is -0.366 e. The maximum atomic E-state index is 13.9. The highest BCUT2D eigenvalue weighted by atomic mass is 16.2. The van der Waals surface area contributed by atoms with Crippen molar-refractivity contribution < 1.29 is 19.2 Å². The van der Waals surface area contributed by atoms with Gasteiger partial charge in [-0.1, -0.05) is 72.8 Å². The minimum atomic E-state index is -0.619. The molecule has 1 aliphatic rings. The summed E-state index contributed by atoms with van der Waals surface area (Å²) in [5.41, 5.74) is 7.67. The van der Waals surface area contributed by atoms with E-state index in [1.807, 2.05) is 23.1 Å². The summed E-state index contributed by atoms with van der Waals surface area (Å²) in [4.78, 5) is 55.9. The van der Waals surface area contributed by atoms with Gasteiger partial charge in [-0.3, -0.25) is 24.1 Å². The average Bonchev–Trinajstić information content (AvgIpc) is 2.92. The quantitative estimate of drug-likeness (QED) is 0.482. The Bertz CT molecular complexity index is 1230. The van der Waals surface area contributed by atoms with Crippen molar-refractivity contribution in [1.29, 1.82) is 0 Å². The highest BCUT2D eigenvalue weighted by molar-refractivity contribution is 6.02. The van der Waals surface area contributed by atoms with Gasteiger partial charge in [-0.05, 0) is 17.7 Å². The van der Waals surface area contributed by atoms with Crippen molar-refractivity contribution in [3.8, 4) is 0 Å². The number of hydrogen-bond acceptors (Lipinski definition) is 5. The highest BCUT2D eigenvalue weighted by Crippen LogP contribution is 2.41. The van der Waals surface area contributed by atoms with Crippen LogP contribution >= 0.6 is 0 Å². The predicted octanol–water partition coefficient (Wildman–Crippen LogP) is 3.27. The van der Waals surface area contributed by atoms with Gasteiger partial charge in [0.25, 0.3) is 0 Å². The van der Waals surface area contributed by atoms with Crippen LogP contribution in [0.1, 0.15) is 42.6 Å². The van der Waals surface area contributed by atoms with Gasteiger partial charge in [0.1, 0.15) is 0 Å². The second kappa shape index (κ2) is 11.3. The van der Waals surface area contributed by atoms with Crippen molar-refractivity contribution in [2.75, 3.05) is 33.7 Å². The van der Waals surface area contributed by atoms with Crippen molar-refractivity contribution in [1.82, 2.24) is 9.80 Å². The van der Waals surface area contributed by atoms with Crippen molar-refractivity contribution >= 4 is 23.4 Å². The summed E-state index contributed by atoms with van der Waals surface area (Å²) in [6, 6.07) is 24.8. The number of nitrogens with zero attached hydrogens (tertiary/aromatic N) is 2. The second-order valence-electron chi connectivity index (χ2n) is 9.67. The van der Waals surface area contributed by atoms with Crippen molar-refractivity contribution in [3.63, 3.8) is 0 Å². The Morgan fingerprint density at radius 3 is 1.70 bits per heavy atom. The Kier molecular flexibility index (Phi) is 7.94. The smallest absolute Gasteiger partial charge is 0.248 e. The fraction of sp³-hybridized carbons (Fsp3) is 0.267. The number of Topliss-reactive ketones (excluding diaryl/α,β-unsaturated/α-hetero) is 2. The number of likely N-dealkylation sites (N-methyl/N-ethyl adjacent to an activating group) is 1. The fourth-order valence-electron chi connectivity index (χ4n) is 5.09. The van der Waals surface area contributed by atoms with E-state index in [-0.39, 0.29) is 24.0 Å². The number of carbonyl (C=O) groups is 4. The number of hydrogen-bond donors (Lipinski definition) is 1. The Labute approximate surface area is 216 Å². The first-order valence-electron chi connectivity index (χ1n) is 12.3. The van der Waals surface area contributed by atoms with E-state index < -0.39 is 23.7 Å². The minimum absolute atomic E-state index is 0.0954. The maximum absolute atomic E-state index is 13.9. The van der Waals surface area contributed by atoms with Gasteiger partial charge < -0.3 is 10.6 Å². The van der Waals surface area contributed by atoms with Crippen LogP contribution in [0.4, 0.5) is 0 Å². The summed E-state index contributed by atoms with van der Waals surface area (Å²) in [5.74, 6) is -2.64. The van der Waals surface area contributed by atoms with Crippen LogP contribution in [0.25, 0.3) is 0 Å². The molecule has 0 aliphatic carbocycles. The highest BCUT2D eigenvalue weighted by Gasteiger charge is 2.45. The zero-order chi connectivity index (χ0) is 26.5. The SMILES string of the molecule is CN(C)C(=O)CN1CC(C(=O)c2ccccc2)C(c2cccc(C(N)=O)c2)C(C(=O)c2ccccc2)C1. The first-order chi connectivity index (χ1) is 17.8. The molecule has 7 heteroatoms. The molecule has 4 rings (SSSR count). The van der Waals surface area contributed by atoms with Crippen molar-refractivity contribution in [3.05, 3.63) is 107 Å². The molecule has 2 atom stereocenters. The molecule has 3 aromatic rings. The molecule has 2 amide bonds. The lowest BCUT2D eigenvalue weighted by molar-refractivity contribution is -0.130. The fourth-order valence-corrected chi connectivity index (χ4v) is 5.09. The third-order valence-corrected chi connectivity index (χ3v) is 6.98. The van der Waals surface area contributed by atoms with E-state index in [1.54, 1.807) is 80.8 Å². The van der Waals surface area contributed by atoms with Crippen LogP contribution < -0.4 is 5.73 Å². The lowest BCUT2D eigenvalue weighted by Gasteiger charge is -2.43. The van der Waals surface area contributed by atoms with E-state index in [9.17, 15) is 19.2 Å². The Hall–Kier alpha value is -4.10. The molecule has 190 valence electrons. The normalized spacial score (nSPS) is 19.7. The summed E-state index contributed by atoms with van der Waals surface area (Å²) < 4.78 is 0. The van der Waals surface area contributed by atoms with Gasteiger partial charge in [0.2, 0.25) is 11.8 Å². The summed E-state index contributed by atoms with van der Waals surface area (Å²) in [6.45, 7) is 0.701. The number of amides is 2. The Balaban J connectivity index is 1.84. The number of likely N-dealkylation sites (tertiary alicyclic amines) is 1. The van der Waals surface area contributed by atoms with Gasteiger partial charge in [-0.2, -0.15) is 0 Å². The first-order valence-corrected chi connectivity index (χ1v) is 12.3. The monoisotopic (exact) mass is 497 g/mol. The van der Waals surface area contributed by atoms with Crippen molar-refractivity contribution in [2.24, 2.45) is 17.6 Å². The molecule has 2 unspecified atom stereocenters. The van der Waals surface area contributed by atoms with Gasteiger partial charge in [0.15, 0.2) is 11.6 Å². The van der Waals surface area contributed by atoms with Crippen LogP contribution in [0.2, 0.25) is 0 Å². The number of nitrogens with two attached hydrogens (primary N) is 1. The van der Waals surface area contributed by atoms with E-state index in [0.717, 1.165) is 0 Å². The molecule has 3 aromatic carbocycles. The van der Waals surface area contributed by atoms with E-state index in [0.29, 0.717) is 35.3 Å². The zero-order valence-corrected chi connectivity index (χ0v) is 21.0. The van der Waals surface area contributed by atoms with Crippen LogP contribution in [-0.2, 0) is 4.79 Å². The number of benzene rings is 3. The molecule has 1 saturated heterocycles. The van der Waals surface area contributed by atoms with E-state index in [4.69, 9.17) is 5.73 Å². The lowest BCUT2D eigenvalue weighted by Crippen LogP contribution is -2.52. The second-order valence-corrected chi connectivity index (χ2v) is 9.67. The molecule has 0 saturated carbocycles. The van der Waals surface area contributed by atoms with E-state index >= 15 is 0 Å². The zero-order valence-electron chi connectivity index (χ0n) is 21.0. The average molecular weight is 498 g/mol. The van der Waals surface area contributed by atoms with Crippen LogP contribution in [0, 0.1) is 11.8 Å². The summed E-state index contributed by atoms with van der Waals surface area (Å²) in [5, 5.41) is 0.